The molecule has 3 aromatic heterocycles. The molecule has 1 saturated heterocycles. The van der Waals surface area contributed by atoms with Crippen LogP contribution in [0.25, 0.3) is 16.9 Å². The van der Waals surface area contributed by atoms with Crippen LogP contribution < -0.4 is 4.90 Å². The van der Waals surface area contributed by atoms with Crippen molar-refractivity contribution in [2.75, 3.05) is 18.0 Å². The number of hydrogen-bond acceptors (Lipinski definition) is 6. The number of aryl methyl sites for hydroxylation is 1. The summed E-state index contributed by atoms with van der Waals surface area (Å²) in [6.45, 7) is 3.81. The number of hydrogen-bond donors (Lipinski definition) is 0. The average Bonchev–Trinajstić information content (AvgIpc) is 3.37. The maximum Gasteiger partial charge on any atom is 0.226 e. The molecule has 0 bridgehead atoms. The van der Waals surface area contributed by atoms with E-state index in [2.05, 4.69) is 38.3 Å². The molecule has 28 heavy (non-hydrogen) atoms. The Hall–Kier alpha value is -3.22. The molecule has 0 spiro atoms. The van der Waals surface area contributed by atoms with E-state index < -0.39 is 0 Å². The minimum Gasteiger partial charge on any atom is -0.356 e. The lowest BCUT2D eigenvalue weighted by Gasteiger charge is -2.33. The topological polar surface area (TPSA) is 72.4 Å². The van der Waals surface area contributed by atoms with Crippen molar-refractivity contribution in [1.82, 2.24) is 24.7 Å². The van der Waals surface area contributed by atoms with E-state index in [-0.39, 0.29) is 0 Å². The highest BCUT2D eigenvalue weighted by atomic mass is 16.5. The van der Waals surface area contributed by atoms with Crippen LogP contribution in [0.2, 0.25) is 0 Å². The van der Waals surface area contributed by atoms with Gasteiger partial charge in [-0.3, -0.25) is 0 Å². The van der Waals surface area contributed by atoms with Crippen molar-refractivity contribution >= 4 is 11.5 Å². The molecule has 7 nitrogen and oxygen atoms in total. The van der Waals surface area contributed by atoms with Gasteiger partial charge in [-0.2, -0.15) is 14.6 Å². The molecular formula is C21H22N6O. The van der Waals surface area contributed by atoms with Gasteiger partial charge in [0.25, 0.3) is 0 Å². The van der Waals surface area contributed by atoms with E-state index in [1.54, 1.807) is 0 Å². The summed E-state index contributed by atoms with van der Waals surface area (Å²) in [4.78, 5) is 11.5. The van der Waals surface area contributed by atoms with Crippen molar-refractivity contribution < 1.29 is 4.52 Å². The SMILES string of the molecule is Cc1noc(CC2CCN(c3cc(-c4ccccc4)nc4ccnn34)CC2)n1. The highest BCUT2D eigenvalue weighted by molar-refractivity contribution is 5.66. The molecule has 1 aromatic carbocycles. The molecule has 0 radical (unpaired) electrons. The van der Waals surface area contributed by atoms with E-state index in [9.17, 15) is 0 Å². The number of nitrogens with zero attached hydrogens (tertiary/aromatic N) is 6. The Morgan fingerprint density at radius 3 is 2.64 bits per heavy atom. The van der Waals surface area contributed by atoms with Crippen LogP contribution in [0.5, 0.6) is 0 Å². The molecule has 1 aliphatic heterocycles. The van der Waals surface area contributed by atoms with Crippen LogP contribution in [-0.4, -0.2) is 37.8 Å². The van der Waals surface area contributed by atoms with E-state index in [0.717, 1.165) is 61.0 Å². The zero-order valence-electron chi connectivity index (χ0n) is 15.8. The molecule has 7 heteroatoms. The smallest absolute Gasteiger partial charge is 0.226 e. The van der Waals surface area contributed by atoms with Crippen LogP contribution >= 0.6 is 0 Å². The Morgan fingerprint density at radius 1 is 1.07 bits per heavy atom. The zero-order valence-corrected chi connectivity index (χ0v) is 15.8. The number of fused-ring (bicyclic) bond motifs is 1. The molecule has 142 valence electrons. The zero-order chi connectivity index (χ0) is 18.9. The van der Waals surface area contributed by atoms with Gasteiger partial charge in [-0.25, -0.2) is 4.98 Å². The summed E-state index contributed by atoms with van der Waals surface area (Å²) in [5.74, 6) is 3.13. The van der Waals surface area contributed by atoms with Crippen LogP contribution in [-0.2, 0) is 6.42 Å². The Morgan fingerprint density at radius 2 is 1.89 bits per heavy atom. The monoisotopic (exact) mass is 374 g/mol. The van der Waals surface area contributed by atoms with E-state index in [4.69, 9.17) is 9.51 Å². The maximum absolute atomic E-state index is 5.29. The lowest BCUT2D eigenvalue weighted by molar-refractivity contribution is 0.323. The average molecular weight is 374 g/mol. The third-order valence-electron chi connectivity index (χ3n) is 5.38. The second-order valence-corrected chi connectivity index (χ2v) is 7.34. The number of aromatic nitrogens is 5. The van der Waals surface area contributed by atoms with Gasteiger partial charge in [0, 0.05) is 37.2 Å². The molecular weight excluding hydrogens is 352 g/mol. The quantitative estimate of drug-likeness (QED) is 0.544. The van der Waals surface area contributed by atoms with Gasteiger partial charge >= 0.3 is 0 Å². The standard InChI is InChI=1S/C21H22N6O/c1-15-23-20(28-25-15)13-16-8-11-26(12-9-16)21-14-18(17-5-3-2-4-6-17)24-19-7-10-22-27(19)21/h2-7,10,14,16H,8-9,11-13H2,1H3. The number of benzene rings is 1. The lowest BCUT2D eigenvalue weighted by atomic mass is 9.93. The highest BCUT2D eigenvalue weighted by Crippen LogP contribution is 2.28. The first-order chi connectivity index (χ1) is 13.8. The second-order valence-electron chi connectivity index (χ2n) is 7.34. The summed E-state index contributed by atoms with van der Waals surface area (Å²) in [6.07, 6.45) is 4.85. The van der Waals surface area contributed by atoms with E-state index in [1.807, 2.05) is 41.9 Å². The van der Waals surface area contributed by atoms with Crippen molar-refractivity contribution in [1.29, 1.82) is 0 Å². The van der Waals surface area contributed by atoms with E-state index in [0.29, 0.717) is 11.7 Å². The van der Waals surface area contributed by atoms with Crippen molar-refractivity contribution in [3.05, 3.63) is 60.4 Å². The number of rotatable bonds is 4. The highest BCUT2D eigenvalue weighted by Gasteiger charge is 2.24. The van der Waals surface area contributed by atoms with Crippen LogP contribution in [0, 0.1) is 12.8 Å². The maximum atomic E-state index is 5.29. The van der Waals surface area contributed by atoms with Crippen molar-refractivity contribution in [3.63, 3.8) is 0 Å². The fourth-order valence-corrected chi connectivity index (χ4v) is 3.91. The largest absolute Gasteiger partial charge is 0.356 e. The summed E-state index contributed by atoms with van der Waals surface area (Å²) in [7, 11) is 0. The molecule has 1 aliphatic rings. The molecule has 4 heterocycles. The first-order valence-electron chi connectivity index (χ1n) is 9.70. The minimum atomic E-state index is 0.569. The first kappa shape index (κ1) is 16.9. The Kier molecular flexibility index (Phi) is 4.27. The molecule has 0 saturated carbocycles. The van der Waals surface area contributed by atoms with E-state index in [1.165, 1.54) is 0 Å². The van der Waals surface area contributed by atoms with Crippen molar-refractivity contribution in [3.8, 4) is 11.3 Å². The fourth-order valence-electron chi connectivity index (χ4n) is 3.91. The summed E-state index contributed by atoms with van der Waals surface area (Å²) >= 11 is 0. The Labute approximate surface area is 163 Å². The van der Waals surface area contributed by atoms with E-state index >= 15 is 0 Å². The third kappa shape index (κ3) is 3.24. The van der Waals surface area contributed by atoms with Gasteiger partial charge in [0.1, 0.15) is 5.82 Å². The lowest BCUT2D eigenvalue weighted by Crippen LogP contribution is -2.35. The van der Waals surface area contributed by atoms with Crippen LogP contribution in [0.15, 0.2) is 53.2 Å². The first-order valence-corrected chi connectivity index (χ1v) is 9.70. The fraction of sp³-hybridized carbons (Fsp3) is 0.333. The van der Waals surface area contributed by atoms with Gasteiger partial charge in [-0.1, -0.05) is 35.5 Å². The molecule has 1 fully saturated rings. The molecule has 0 N–H and O–H groups in total. The predicted octanol–water partition coefficient (Wildman–Crippen LogP) is 3.55. The molecule has 0 aliphatic carbocycles. The van der Waals surface area contributed by atoms with Gasteiger partial charge in [0.15, 0.2) is 11.5 Å². The Bertz CT molecular complexity index is 1080. The molecule has 0 unspecified atom stereocenters. The Balaban J connectivity index is 1.38. The third-order valence-corrected chi connectivity index (χ3v) is 5.38. The summed E-state index contributed by atoms with van der Waals surface area (Å²) in [5.41, 5.74) is 2.97. The number of anilines is 1. The van der Waals surface area contributed by atoms with Crippen LogP contribution in [0.1, 0.15) is 24.6 Å². The number of piperidine rings is 1. The van der Waals surface area contributed by atoms with Gasteiger partial charge in [0.05, 0.1) is 11.9 Å². The molecule has 0 atom stereocenters. The molecule has 4 aromatic rings. The van der Waals surface area contributed by atoms with Gasteiger partial charge < -0.3 is 9.42 Å². The summed E-state index contributed by atoms with van der Waals surface area (Å²) in [6, 6.07) is 14.4. The minimum absolute atomic E-state index is 0.569. The second kappa shape index (κ2) is 7.07. The van der Waals surface area contributed by atoms with Gasteiger partial charge in [0.2, 0.25) is 5.89 Å². The summed E-state index contributed by atoms with van der Waals surface area (Å²) < 4.78 is 7.23. The predicted molar refractivity (Wildman–Crippen MR) is 106 cm³/mol. The molecule has 5 rings (SSSR count). The molecule has 0 amide bonds. The normalized spacial score (nSPS) is 15.4. The van der Waals surface area contributed by atoms with Crippen molar-refractivity contribution in [2.24, 2.45) is 5.92 Å². The van der Waals surface area contributed by atoms with Crippen molar-refractivity contribution in [2.45, 2.75) is 26.2 Å². The van der Waals surface area contributed by atoms with Gasteiger partial charge in [-0.15, -0.1) is 0 Å². The van der Waals surface area contributed by atoms with Crippen LogP contribution in [0.4, 0.5) is 5.82 Å². The summed E-state index contributed by atoms with van der Waals surface area (Å²) in [5, 5.41) is 8.39. The van der Waals surface area contributed by atoms with Gasteiger partial charge in [-0.05, 0) is 25.7 Å². The van der Waals surface area contributed by atoms with Crippen LogP contribution in [0.3, 0.4) is 0 Å².